The summed E-state index contributed by atoms with van der Waals surface area (Å²) in [4.78, 5) is 28.2. The van der Waals surface area contributed by atoms with Gasteiger partial charge >= 0.3 is 5.97 Å². The minimum Gasteiger partial charge on any atom is -0.481 e. The first-order valence-corrected chi connectivity index (χ1v) is 10.1. The third-order valence-corrected chi connectivity index (χ3v) is 5.63. The van der Waals surface area contributed by atoms with Crippen LogP contribution >= 0.6 is 22.9 Å². The zero-order chi connectivity index (χ0) is 21.1. The molecule has 0 atom stereocenters. The van der Waals surface area contributed by atoms with Crippen molar-refractivity contribution in [1.82, 2.24) is 4.98 Å². The number of thiazole rings is 1. The van der Waals surface area contributed by atoms with E-state index < -0.39 is 12.6 Å². The maximum absolute atomic E-state index is 12.5. The minimum absolute atomic E-state index is 0.313. The number of hydrogen-bond donors (Lipinski definition) is 2. The Kier molecular flexibility index (Phi) is 5.65. The molecule has 4 rings (SSSR count). The Labute approximate surface area is 180 Å². The number of carboxylic acids is 1. The molecule has 0 unspecified atom stereocenters. The first-order chi connectivity index (χ1) is 14.5. The van der Waals surface area contributed by atoms with E-state index in [-0.39, 0.29) is 5.91 Å². The first-order valence-electron chi connectivity index (χ1n) is 8.92. The molecule has 1 amide bonds. The second kappa shape index (κ2) is 8.52. The van der Waals surface area contributed by atoms with Crippen LogP contribution in [0.2, 0.25) is 5.02 Å². The molecular formula is C22H15ClN2O4S. The minimum atomic E-state index is -1.10. The van der Waals surface area contributed by atoms with E-state index in [1.807, 2.05) is 24.3 Å². The van der Waals surface area contributed by atoms with Gasteiger partial charge in [0, 0.05) is 11.8 Å². The molecule has 0 bridgehead atoms. The molecule has 150 valence electrons. The number of nitrogens with zero attached hydrogens (tertiary/aromatic N) is 1. The summed E-state index contributed by atoms with van der Waals surface area (Å²) in [6.07, 6.45) is 0. The topological polar surface area (TPSA) is 88.5 Å². The predicted octanol–water partition coefficient (Wildman–Crippen LogP) is 5.33. The number of fused-ring (bicyclic) bond motifs is 1. The van der Waals surface area contributed by atoms with Gasteiger partial charge < -0.3 is 15.2 Å². The normalized spacial score (nSPS) is 10.7. The van der Waals surface area contributed by atoms with Crippen LogP contribution in [0.25, 0.3) is 20.8 Å². The summed E-state index contributed by atoms with van der Waals surface area (Å²) in [5.74, 6) is -1.17. The van der Waals surface area contributed by atoms with E-state index in [1.54, 1.807) is 42.5 Å². The summed E-state index contributed by atoms with van der Waals surface area (Å²) >= 11 is 7.56. The smallest absolute Gasteiger partial charge is 0.341 e. The van der Waals surface area contributed by atoms with Gasteiger partial charge in [0.1, 0.15) is 10.8 Å². The van der Waals surface area contributed by atoms with E-state index in [4.69, 9.17) is 21.4 Å². The molecule has 6 nitrogen and oxygen atoms in total. The lowest BCUT2D eigenvalue weighted by molar-refractivity contribution is -0.139. The number of halogens is 1. The summed E-state index contributed by atoms with van der Waals surface area (Å²) in [7, 11) is 0. The molecule has 0 aliphatic carbocycles. The van der Waals surface area contributed by atoms with Gasteiger partial charge in [0.25, 0.3) is 5.91 Å². The molecule has 1 heterocycles. The number of aliphatic carboxylic acids is 1. The van der Waals surface area contributed by atoms with Crippen molar-refractivity contribution in [2.75, 3.05) is 11.9 Å². The Morgan fingerprint density at radius 3 is 2.60 bits per heavy atom. The summed E-state index contributed by atoms with van der Waals surface area (Å²) in [5, 5.41) is 12.8. The average Bonchev–Trinajstić information content (AvgIpc) is 3.16. The van der Waals surface area contributed by atoms with Crippen LogP contribution in [0.1, 0.15) is 10.4 Å². The van der Waals surface area contributed by atoms with E-state index in [1.165, 1.54) is 11.3 Å². The summed E-state index contributed by atoms with van der Waals surface area (Å²) in [6.45, 7) is -0.514. The number of hydrogen-bond acceptors (Lipinski definition) is 5. The van der Waals surface area contributed by atoms with Crippen LogP contribution in [0.15, 0.2) is 66.7 Å². The Bertz CT molecular complexity index is 1220. The molecule has 0 radical (unpaired) electrons. The SMILES string of the molecule is O=C(O)COc1cc(NC(=O)c2ccccc2Cl)ccc1-c1nc2ccccc2s1. The number of carboxylic acid groups (broad SMARTS) is 1. The Balaban J connectivity index is 1.68. The van der Waals surface area contributed by atoms with Crippen molar-refractivity contribution in [1.29, 1.82) is 0 Å². The van der Waals surface area contributed by atoms with Crippen LogP contribution in [-0.4, -0.2) is 28.6 Å². The molecule has 4 aromatic rings. The fourth-order valence-electron chi connectivity index (χ4n) is 2.87. The molecule has 8 heteroatoms. The number of carbonyl (C=O) groups is 2. The molecule has 1 aromatic heterocycles. The molecule has 0 aliphatic heterocycles. The van der Waals surface area contributed by atoms with Crippen molar-refractivity contribution in [3.63, 3.8) is 0 Å². The third kappa shape index (κ3) is 4.27. The van der Waals surface area contributed by atoms with Crippen LogP contribution in [0.5, 0.6) is 5.75 Å². The van der Waals surface area contributed by atoms with Crippen molar-refractivity contribution in [3.8, 4) is 16.3 Å². The standard InChI is InChI=1S/C22H15ClN2O4S/c23-16-6-2-1-5-14(16)21(28)24-13-9-10-15(18(11-13)29-12-20(26)27)22-25-17-7-3-4-8-19(17)30-22/h1-11H,12H2,(H,24,28)(H,26,27). The maximum atomic E-state index is 12.5. The summed E-state index contributed by atoms with van der Waals surface area (Å²) in [5.41, 5.74) is 2.28. The molecule has 0 saturated heterocycles. The Morgan fingerprint density at radius 1 is 1.07 bits per heavy atom. The second-order valence-corrected chi connectivity index (χ2v) is 7.75. The fourth-order valence-corrected chi connectivity index (χ4v) is 4.08. The van der Waals surface area contributed by atoms with Crippen LogP contribution in [-0.2, 0) is 4.79 Å². The number of aromatic nitrogens is 1. The average molecular weight is 439 g/mol. The highest BCUT2D eigenvalue weighted by Gasteiger charge is 2.16. The quantitative estimate of drug-likeness (QED) is 0.424. The van der Waals surface area contributed by atoms with Gasteiger partial charge in [0.15, 0.2) is 6.61 Å². The number of anilines is 1. The lowest BCUT2D eigenvalue weighted by Gasteiger charge is -2.12. The fraction of sp³-hybridized carbons (Fsp3) is 0.0455. The molecule has 3 aromatic carbocycles. The number of para-hydroxylation sites is 1. The van der Waals surface area contributed by atoms with Crippen LogP contribution in [0.4, 0.5) is 5.69 Å². The lowest BCUT2D eigenvalue weighted by atomic mass is 10.1. The zero-order valence-corrected chi connectivity index (χ0v) is 17.0. The molecule has 0 aliphatic rings. The maximum Gasteiger partial charge on any atom is 0.341 e. The molecule has 0 spiro atoms. The highest BCUT2D eigenvalue weighted by molar-refractivity contribution is 7.21. The predicted molar refractivity (Wildman–Crippen MR) is 118 cm³/mol. The van der Waals surface area contributed by atoms with Crippen molar-refractivity contribution in [3.05, 3.63) is 77.3 Å². The molecule has 0 saturated carbocycles. The zero-order valence-electron chi connectivity index (χ0n) is 15.5. The van der Waals surface area contributed by atoms with Crippen LogP contribution < -0.4 is 10.1 Å². The molecule has 0 fully saturated rings. The van der Waals surface area contributed by atoms with Crippen LogP contribution in [0.3, 0.4) is 0 Å². The van der Waals surface area contributed by atoms with E-state index in [0.717, 1.165) is 10.2 Å². The van der Waals surface area contributed by atoms with Crippen molar-refractivity contribution < 1.29 is 19.4 Å². The summed E-state index contributed by atoms with van der Waals surface area (Å²) in [6, 6.07) is 19.5. The van der Waals surface area contributed by atoms with Crippen molar-refractivity contribution in [2.45, 2.75) is 0 Å². The van der Waals surface area contributed by atoms with Gasteiger partial charge in [-0.15, -0.1) is 11.3 Å². The van der Waals surface area contributed by atoms with E-state index in [0.29, 0.717) is 32.6 Å². The van der Waals surface area contributed by atoms with Gasteiger partial charge in [-0.05, 0) is 36.4 Å². The number of rotatable bonds is 6. The monoisotopic (exact) mass is 438 g/mol. The van der Waals surface area contributed by atoms with E-state index in [2.05, 4.69) is 10.3 Å². The third-order valence-electron chi connectivity index (χ3n) is 4.23. The van der Waals surface area contributed by atoms with E-state index in [9.17, 15) is 9.59 Å². The highest BCUT2D eigenvalue weighted by atomic mass is 35.5. The molecular weight excluding hydrogens is 424 g/mol. The van der Waals surface area contributed by atoms with Gasteiger partial charge in [0.05, 0.1) is 26.4 Å². The second-order valence-electron chi connectivity index (χ2n) is 6.31. The Morgan fingerprint density at radius 2 is 1.83 bits per heavy atom. The number of nitrogens with one attached hydrogen (secondary N) is 1. The van der Waals surface area contributed by atoms with Crippen molar-refractivity contribution >= 4 is 50.7 Å². The molecule has 30 heavy (non-hydrogen) atoms. The Hall–Kier alpha value is -3.42. The van der Waals surface area contributed by atoms with Gasteiger partial charge in [-0.25, -0.2) is 9.78 Å². The van der Waals surface area contributed by atoms with Crippen molar-refractivity contribution in [2.24, 2.45) is 0 Å². The summed E-state index contributed by atoms with van der Waals surface area (Å²) < 4.78 is 6.50. The van der Waals surface area contributed by atoms with Gasteiger partial charge in [-0.2, -0.15) is 0 Å². The van der Waals surface area contributed by atoms with Crippen LogP contribution in [0, 0.1) is 0 Å². The molecule has 2 N–H and O–H groups in total. The van der Waals surface area contributed by atoms with Gasteiger partial charge in [0.2, 0.25) is 0 Å². The highest BCUT2D eigenvalue weighted by Crippen LogP contribution is 2.37. The number of carbonyl (C=O) groups excluding carboxylic acids is 1. The lowest BCUT2D eigenvalue weighted by Crippen LogP contribution is -2.13. The number of ether oxygens (including phenoxy) is 1. The number of benzene rings is 3. The van der Waals surface area contributed by atoms with Gasteiger partial charge in [-0.1, -0.05) is 35.9 Å². The first kappa shape index (κ1) is 19.9. The van der Waals surface area contributed by atoms with E-state index >= 15 is 0 Å². The number of amides is 1. The largest absolute Gasteiger partial charge is 0.481 e. The van der Waals surface area contributed by atoms with Gasteiger partial charge in [-0.3, -0.25) is 4.79 Å².